The number of carbonyl (C=O) groups is 3. The lowest BCUT2D eigenvalue weighted by molar-refractivity contribution is -0.141. The Hall–Kier alpha value is -2.05. The van der Waals surface area contributed by atoms with E-state index in [-0.39, 0.29) is 18.7 Å². The minimum absolute atomic E-state index is 0.228. The first-order valence-corrected chi connectivity index (χ1v) is 4.99. The summed E-state index contributed by atoms with van der Waals surface area (Å²) in [6, 6.07) is -1.15. The molecule has 0 unspecified atom stereocenters. The van der Waals surface area contributed by atoms with Gasteiger partial charge in [-0.25, -0.2) is 9.59 Å². The van der Waals surface area contributed by atoms with Gasteiger partial charge in [-0.3, -0.25) is 4.79 Å². The molecule has 17 heavy (non-hydrogen) atoms. The lowest BCUT2D eigenvalue weighted by atomic mass is 10.2. The quantitative estimate of drug-likeness (QED) is 0.405. The Bertz CT molecular complexity index is 338. The smallest absolute Gasteiger partial charge is 0.332 e. The third-order valence-corrected chi connectivity index (χ3v) is 1.73. The standard InChI is InChI=1S/C10H16N2O5/c1-3-17-9(14)4-6(2)12-7(10(15)16)5-8(11)13/h4,7,12H,3,5H2,1-2H3,(H2,11,13)(H,15,16)/b6-4+/t7-/m0/s1. The zero-order valence-corrected chi connectivity index (χ0v) is 9.73. The lowest BCUT2D eigenvalue weighted by Gasteiger charge is -2.14. The van der Waals surface area contributed by atoms with Gasteiger partial charge in [0.2, 0.25) is 5.91 Å². The van der Waals surface area contributed by atoms with E-state index in [1.165, 1.54) is 6.92 Å². The molecule has 0 aromatic carbocycles. The number of amides is 1. The van der Waals surface area contributed by atoms with Crippen LogP contribution in [0.25, 0.3) is 0 Å². The van der Waals surface area contributed by atoms with Crippen LogP contribution in [0.15, 0.2) is 11.8 Å². The minimum atomic E-state index is -1.22. The number of carboxylic acid groups (broad SMARTS) is 1. The molecule has 7 heteroatoms. The van der Waals surface area contributed by atoms with E-state index in [0.29, 0.717) is 0 Å². The second-order valence-electron chi connectivity index (χ2n) is 3.28. The number of aliphatic carboxylic acids is 1. The van der Waals surface area contributed by atoms with Crippen LogP contribution in [0.1, 0.15) is 20.3 Å². The van der Waals surface area contributed by atoms with Crippen LogP contribution in [0.3, 0.4) is 0 Å². The van der Waals surface area contributed by atoms with Crippen molar-refractivity contribution < 1.29 is 24.2 Å². The number of ether oxygens (including phenoxy) is 1. The molecule has 0 aliphatic heterocycles. The van der Waals surface area contributed by atoms with Crippen LogP contribution in [0, 0.1) is 0 Å². The van der Waals surface area contributed by atoms with Crippen LogP contribution < -0.4 is 11.1 Å². The predicted molar refractivity (Wildman–Crippen MR) is 58.8 cm³/mol. The topological polar surface area (TPSA) is 119 Å². The molecule has 1 amide bonds. The highest BCUT2D eigenvalue weighted by Crippen LogP contribution is 1.98. The van der Waals surface area contributed by atoms with Crippen LogP contribution in [0.2, 0.25) is 0 Å². The molecule has 0 spiro atoms. The van der Waals surface area contributed by atoms with Gasteiger partial charge in [0, 0.05) is 11.8 Å². The van der Waals surface area contributed by atoms with Gasteiger partial charge in [-0.05, 0) is 13.8 Å². The highest BCUT2D eigenvalue weighted by Gasteiger charge is 2.19. The molecule has 0 heterocycles. The third kappa shape index (κ3) is 6.93. The Labute approximate surface area is 98.6 Å². The van der Waals surface area contributed by atoms with Crippen molar-refractivity contribution in [1.82, 2.24) is 5.32 Å². The molecule has 1 atom stereocenters. The number of rotatable bonds is 7. The van der Waals surface area contributed by atoms with E-state index in [4.69, 9.17) is 10.8 Å². The van der Waals surface area contributed by atoms with Gasteiger partial charge in [-0.15, -0.1) is 0 Å². The average molecular weight is 244 g/mol. The number of primary amides is 1. The van der Waals surface area contributed by atoms with Crippen molar-refractivity contribution in [3.05, 3.63) is 11.8 Å². The van der Waals surface area contributed by atoms with Gasteiger partial charge in [0.05, 0.1) is 13.0 Å². The first-order chi connectivity index (χ1) is 7.86. The van der Waals surface area contributed by atoms with Gasteiger partial charge in [-0.2, -0.15) is 0 Å². The number of nitrogens with one attached hydrogen (secondary N) is 1. The molecule has 0 aromatic heterocycles. The van der Waals surface area contributed by atoms with Crippen molar-refractivity contribution in [2.75, 3.05) is 6.61 Å². The fourth-order valence-corrected chi connectivity index (χ4v) is 1.08. The van der Waals surface area contributed by atoms with Gasteiger partial charge in [0.15, 0.2) is 0 Å². The first kappa shape index (κ1) is 14.9. The monoisotopic (exact) mass is 244 g/mol. The number of carbonyl (C=O) groups excluding carboxylic acids is 2. The van der Waals surface area contributed by atoms with E-state index in [2.05, 4.69) is 10.1 Å². The normalized spacial score (nSPS) is 12.7. The van der Waals surface area contributed by atoms with E-state index in [1.54, 1.807) is 6.92 Å². The van der Waals surface area contributed by atoms with Crippen molar-refractivity contribution in [2.24, 2.45) is 5.73 Å². The molecule has 0 saturated heterocycles. The Kier molecular flexibility index (Phi) is 6.39. The highest BCUT2D eigenvalue weighted by atomic mass is 16.5. The molecule has 7 nitrogen and oxygen atoms in total. The second kappa shape index (κ2) is 7.26. The summed E-state index contributed by atoms with van der Waals surface area (Å²) in [4.78, 5) is 32.4. The zero-order valence-electron chi connectivity index (χ0n) is 9.73. The number of carboxylic acids is 1. The van der Waals surface area contributed by atoms with Crippen LogP contribution in [0.5, 0.6) is 0 Å². The number of hydrogen-bond donors (Lipinski definition) is 3. The average Bonchev–Trinajstić information content (AvgIpc) is 2.15. The molecule has 0 aromatic rings. The largest absolute Gasteiger partial charge is 0.480 e. The Morgan fingerprint density at radius 1 is 1.47 bits per heavy atom. The molecule has 4 N–H and O–H groups in total. The molecule has 96 valence electrons. The van der Waals surface area contributed by atoms with E-state index < -0.39 is 23.9 Å². The van der Waals surface area contributed by atoms with Crippen LogP contribution in [-0.4, -0.2) is 35.6 Å². The summed E-state index contributed by atoms with van der Waals surface area (Å²) in [6.45, 7) is 3.38. The number of hydrogen-bond acceptors (Lipinski definition) is 5. The minimum Gasteiger partial charge on any atom is -0.480 e. The lowest BCUT2D eigenvalue weighted by Crippen LogP contribution is -2.39. The van der Waals surface area contributed by atoms with E-state index in [9.17, 15) is 14.4 Å². The molecule has 0 aliphatic rings. The van der Waals surface area contributed by atoms with E-state index in [0.717, 1.165) is 6.08 Å². The van der Waals surface area contributed by atoms with Gasteiger partial charge < -0.3 is 20.9 Å². The van der Waals surface area contributed by atoms with E-state index in [1.807, 2.05) is 0 Å². The molecule has 0 radical (unpaired) electrons. The van der Waals surface area contributed by atoms with Crippen LogP contribution in [0.4, 0.5) is 0 Å². The Balaban J connectivity index is 4.49. The molecule has 0 bridgehead atoms. The van der Waals surface area contributed by atoms with Crippen molar-refractivity contribution in [3.8, 4) is 0 Å². The summed E-state index contributed by atoms with van der Waals surface area (Å²) < 4.78 is 4.64. The summed E-state index contributed by atoms with van der Waals surface area (Å²) in [5, 5.41) is 11.3. The summed E-state index contributed by atoms with van der Waals surface area (Å²) in [5.74, 6) is -2.55. The molecule has 0 fully saturated rings. The first-order valence-electron chi connectivity index (χ1n) is 4.99. The fourth-order valence-electron chi connectivity index (χ4n) is 1.08. The maximum absolute atomic E-state index is 11.0. The van der Waals surface area contributed by atoms with Gasteiger partial charge in [0.1, 0.15) is 6.04 Å². The Morgan fingerprint density at radius 3 is 2.47 bits per heavy atom. The van der Waals surface area contributed by atoms with Crippen molar-refractivity contribution in [2.45, 2.75) is 26.3 Å². The number of esters is 1. The molecule has 0 aliphatic carbocycles. The second-order valence-corrected chi connectivity index (χ2v) is 3.28. The van der Waals surface area contributed by atoms with Crippen LogP contribution in [-0.2, 0) is 19.1 Å². The van der Waals surface area contributed by atoms with Gasteiger partial charge in [-0.1, -0.05) is 0 Å². The zero-order chi connectivity index (χ0) is 13.4. The summed E-state index contributed by atoms with van der Waals surface area (Å²) >= 11 is 0. The van der Waals surface area contributed by atoms with Crippen molar-refractivity contribution in [3.63, 3.8) is 0 Å². The maximum Gasteiger partial charge on any atom is 0.332 e. The summed E-state index contributed by atoms with van der Waals surface area (Å²) in [7, 11) is 0. The van der Waals surface area contributed by atoms with Crippen molar-refractivity contribution >= 4 is 17.8 Å². The molecule has 0 rings (SSSR count). The maximum atomic E-state index is 11.0. The summed E-state index contributed by atoms with van der Waals surface area (Å²) in [6.07, 6.45) is 0.754. The Morgan fingerprint density at radius 2 is 2.06 bits per heavy atom. The SMILES string of the molecule is CCOC(=O)/C=C(\C)N[C@@H](CC(N)=O)C(=O)O. The number of allylic oxidation sites excluding steroid dienone is 1. The van der Waals surface area contributed by atoms with E-state index >= 15 is 0 Å². The summed E-state index contributed by atoms with van der Waals surface area (Å²) in [5.41, 5.74) is 5.19. The van der Waals surface area contributed by atoms with Gasteiger partial charge in [0.25, 0.3) is 0 Å². The van der Waals surface area contributed by atoms with Crippen LogP contribution >= 0.6 is 0 Å². The third-order valence-electron chi connectivity index (χ3n) is 1.73. The fraction of sp³-hybridized carbons (Fsp3) is 0.500. The van der Waals surface area contributed by atoms with Crippen molar-refractivity contribution in [1.29, 1.82) is 0 Å². The van der Waals surface area contributed by atoms with Gasteiger partial charge >= 0.3 is 11.9 Å². The number of nitrogens with two attached hydrogens (primary N) is 1. The molecular formula is C10H16N2O5. The molecule has 0 saturated carbocycles. The predicted octanol–water partition coefficient (Wildman–Crippen LogP) is -0.628. The molecular weight excluding hydrogens is 228 g/mol. The highest BCUT2D eigenvalue weighted by molar-refractivity contribution is 5.84.